The Kier molecular flexibility index (Phi) is 18.5. The van der Waals surface area contributed by atoms with Crippen LogP contribution in [0.2, 0.25) is 0 Å². The monoisotopic (exact) mass is 365 g/mol. The summed E-state index contributed by atoms with van der Waals surface area (Å²) >= 11 is 10.1. The normalized spacial score (nSPS) is 9.47. The van der Waals surface area contributed by atoms with Gasteiger partial charge in [0.05, 0.1) is 0 Å². The molecule has 0 N–H and O–H groups in total. The van der Waals surface area contributed by atoms with Crippen molar-refractivity contribution in [2.75, 3.05) is 13.1 Å². The van der Waals surface area contributed by atoms with Gasteiger partial charge in [-0.25, -0.2) is 0 Å². The molecule has 0 amide bonds. The minimum Gasteiger partial charge on any atom is -0.411 e. The molecule has 0 aromatic rings. The third-order valence-corrected chi connectivity index (χ3v) is 2.84. The van der Waals surface area contributed by atoms with E-state index in [1.165, 1.54) is 38.5 Å². The van der Waals surface area contributed by atoms with E-state index in [-0.39, 0.29) is 68.9 Å². The molecule has 0 spiro atoms. The number of thiocarbonyl (C=S) groups is 1. The standard InChI is InChI=1S/C11H23NS2.Cs/c1-3-5-7-9-12(11(13)14)10-8-6-4-2;/h3-10H2,1-2H3,(H,13,14);/q;+1/p-1. The molecule has 1 nitrogen and oxygen atoms in total. The molecule has 0 saturated carbocycles. The summed E-state index contributed by atoms with van der Waals surface area (Å²) in [6, 6.07) is 0. The number of hydrogen-bond donors (Lipinski definition) is 0. The minimum atomic E-state index is 0. The average molecular weight is 365 g/mol. The minimum absolute atomic E-state index is 0. The van der Waals surface area contributed by atoms with Crippen LogP contribution in [-0.2, 0) is 12.6 Å². The van der Waals surface area contributed by atoms with Gasteiger partial charge in [-0.1, -0.05) is 43.9 Å². The van der Waals surface area contributed by atoms with E-state index in [2.05, 4.69) is 18.7 Å². The van der Waals surface area contributed by atoms with Gasteiger partial charge in [-0.2, -0.15) is 0 Å². The summed E-state index contributed by atoms with van der Waals surface area (Å²) in [7, 11) is 0. The molecule has 0 fully saturated rings. The molecule has 84 valence electrons. The van der Waals surface area contributed by atoms with E-state index in [9.17, 15) is 0 Å². The number of rotatable bonds is 8. The van der Waals surface area contributed by atoms with Crippen molar-refractivity contribution in [1.29, 1.82) is 0 Å². The first-order valence-corrected chi connectivity index (χ1v) is 6.50. The van der Waals surface area contributed by atoms with E-state index in [0.29, 0.717) is 4.32 Å². The molecule has 0 rings (SSSR count). The van der Waals surface area contributed by atoms with Crippen molar-refractivity contribution < 1.29 is 68.9 Å². The number of hydrogen-bond acceptors (Lipinski definition) is 2. The molecule has 0 aliphatic heterocycles. The van der Waals surface area contributed by atoms with Gasteiger partial charge in [0.15, 0.2) is 0 Å². The topological polar surface area (TPSA) is 3.24 Å². The van der Waals surface area contributed by atoms with Crippen LogP contribution in [0.5, 0.6) is 0 Å². The van der Waals surface area contributed by atoms with Crippen molar-refractivity contribution in [2.24, 2.45) is 0 Å². The molecule has 0 aromatic carbocycles. The van der Waals surface area contributed by atoms with Crippen molar-refractivity contribution >= 4 is 29.2 Å². The summed E-state index contributed by atoms with van der Waals surface area (Å²) in [6.45, 7) is 6.54. The average Bonchev–Trinajstić information content (AvgIpc) is 2.15. The Bertz CT molecular complexity index is 144. The van der Waals surface area contributed by atoms with Gasteiger partial charge in [0.2, 0.25) is 0 Å². The van der Waals surface area contributed by atoms with Crippen LogP contribution in [0.25, 0.3) is 0 Å². The molecule has 0 aliphatic rings. The van der Waals surface area contributed by atoms with Gasteiger partial charge >= 0.3 is 68.9 Å². The van der Waals surface area contributed by atoms with Crippen molar-refractivity contribution in [3.8, 4) is 0 Å². The smallest absolute Gasteiger partial charge is 0.411 e. The van der Waals surface area contributed by atoms with E-state index < -0.39 is 0 Å². The summed E-state index contributed by atoms with van der Waals surface area (Å²) in [5.74, 6) is 0. The molecular weight excluding hydrogens is 343 g/mol. The molecule has 0 saturated heterocycles. The summed E-state index contributed by atoms with van der Waals surface area (Å²) in [6.07, 6.45) is 7.52. The van der Waals surface area contributed by atoms with Gasteiger partial charge in [0, 0.05) is 13.1 Å². The van der Waals surface area contributed by atoms with Crippen LogP contribution >= 0.6 is 12.2 Å². The fourth-order valence-corrected chi connectivity index (χ4v) is 1.76. The Morgan fingerprint density at radius 2 is 1.40 bits per heavy atom. The second-order valence-corrected chi connectivity index (χ2v) is 4.70. The molecule has 0 atom stereocenters. The van der Waals surface area contributed by atoms with Gasteiger partial charge in [-0.3, -0.25) is 0 Å². The Morgan fingerprint density at radius 1 is 1.00 bits per heavy atom. The van der Waals surface area contributed by atoms with Gasteiger partial charge in [-0.05, 0) is 12.8 Å². The Hall–Kier alpha value is 2.16. The molecule has 0 unspecified atom stereocenters. The van der Waals surface area contributed by atoms with E-state index in [1.54, 1.807) is 0 Å². The summed E-state index contributed by atoms with van der Waals surface area (Å²) in [5, 5.41) is 0. The van der Waals surface area contributed by atoms with Gasteiger partial charge in [0.25, 0.3) is 0 Å². The largest absolute Gasteiger partial charge is 1.00 e. The quantitative estimate of drug-likeness (QED) is 0.351. The molecule has 0 heterocycles. The van der Waals surface area contributed by atoms with Crippen LogP contribution in [0.15, 0.2) is 0 Å². The van der Waals surface area contributed by atoms with Crippen LogP contribution < -0.4 is 68.9 Å². The molecule has 4 heteroatoms. The third-order valence-electron chi connectivity index (χ3n) is 2.32. The van der Waals surface area contributed by atoms with Crippen LogP contribution in [0.1, 0.15) is 52.4 Å². The zero-order valence-electron chi connectivity index (χ0n) is 10.4. The Labute approximate surface area is 165 Å². The van der Waals surface area contributed by atoms with Crippen molar-refractivity contribution in [2.45, 2.75) is 52.4 Å². The molecule has 0 bridgehead atoms. The third kappa shape index (κ3) is 12.4. The summed E-state index contributed by atoms with van der Waals surface area (Å²) in [5.41, 5.74) is 0. The molecular formula is C11H22CsNS2. The van der Waals surface area contributed by atoms with Gasteiger partial charge in [-0.15, -0.1) is 0 Å². The zero-order chi connectivity index (χ0) is 10.8. The zero-order valence-corrected chi connectivity index (χ0v) is 18.3. The second-order valence-electron chi connectivity index (χ2n) is 3.67. The fraction of sp³-hybridized carbons (Fsp3) is 0.909. The maximum absolute atomic E-state index is 5.06. The summed E-state index contributed by atoms with van der Waals surface area (Å²) in [4.78, 5) is 2.18. The summed E-state index contributed by atoms with van der Waals surface area (Å²) < 4.78 is 0.650. The van der Waals surface area contributed by atoms with Crippen LogP contribution in [0.3, 0.4) is 0 Å². The van der Waals surface area contributed by atoms with E-state index >= 15 is 0 Å². The van der Waals surface area contributed by atoms with Crippen molar-refractivity contribution in [3.05, 3.63) is 0 Å². The first-order chi connectivity index (χ1) is 6.72. The Morgan fingerprint density at radius 3 is 1.67 bits per heavy atom. The van der Waals surface area contributed by atoms with Crippen molar-refractivity contribution in [1.82, 2.24) is 4.90 Å². The van der Waals surface area contributed by atoms with E-state index in [1.807, 2.05) is 0 Å². The van der Waals surface area contributed by atoms with Crippen LogP contribution in [0.4, 0.5) is 0 Å². The van der Waals surface area contributed by atoms with Crippen LogP contribution in [0, 0.1) is 0 Å². The first-order valence-electron chi connectivity index (χ1n) is 5.68. The number of nitrogens with zero attached hydrogens (tertiary/aromatic N) is 1. The molecule has 0 aromatic heterocycles. The van der Waals surface area contributed by atoms with E-state index in [4.69, 9.17) is 24.8 Å². The molecule has 0 aliphatic carbocycles. The first kappa shape index (κ1) is 19.5. The second kappa shape index (κ2) is 14.2. The number of unbranched alkanes of at least 4 members (excludes halogenated alkanes) is 4. The van der Waals surface area contributed by atoms with E-state index in [0.717, 1.165) is 13.1 Å². The predicted molar refractivity (Wildman–Crippen MR) is 70.6 cm³/mol. The maximum Gasteiger partial charge on any atom is 1.00 e. The molecule has 15 heavy (non-hydrogen) atoms. The van der Waals surface area contributed by atoms with Crippen LogP contribution in [-0.4, -0.2) is 22.3 Å². The fourth-order valence-electron chi connectivity index (χ4n) is 1.40. The predicted octanol–water partition coefficient (Wildman–Crippen LogP) is 0.505. The SMILES string of the molecule is CCCCCN(CCCCC)C(=S)[S-].[Cs+]. The maximum atomic E-state index is 5.06. The Balaban J connectivity index is 0. The molecule has 0 radical (unpaired) electrons. The van der Waals surface area contributed by atoms with Crippen molar-refractivity contribution in [3.63, 3.8) is 0 Å². The van der Waals surface area contributed by atoms with Gasteiger partial charge in [0.1, 0.15) is 0 Å². The van der Waals surface area contributed by atoms with Gasteiger partial charge < -0.3 is 29.7 Å².